The van der Waals surface area contributed by atoms with Crippen molar-refractivity contribution in [1.29, 1.82) is 0 Å². The Bertz CT molecular complexity index is 627. The number of alkyl halides is 3. The van der Waals surface area contributed by atoms with Crippen LogP contribution in [0.15, 0.2) is 24.3 Å². The van der Waals surface area contributed by atoms with Gasteiger partial charge < -0.3 is 10.3 Å². The van der Waals surface area contributed by atoms with E-state index >= 15 is 0 Å². The van der Waals surface area contributed by atoms with Crippen LogP contribution in [0.3, 0.4) is 0 Å². The fourth-order valence-corrected chi connectivity index (χ4v) is 2.27. The van der Waals surface area contributed by atoms with Crippen LogP contribution in [0.2, 0.25) is 0 Å². The largest absolute Gasteiger partial charge is 0.416 e. The molecule has 0 spiro atoms. The molecule has 0 radical (unpaired) electrons. The molecule has 1 aromatic heterocycles. The number of benzene rings is 1. The summed E-state index contributed by atoms with van der Waals surface area (Å²) in [6.07, 6.45) is -4.37. The summed E-state index contributed by atoms with van der Waals surface area (Å²) in [7, 11) is 0. The van der Waals surface area contributed by atoms with Gasteiger partial charge in [-0.15, -0.1) is 0 Å². The van der Waals surface area contributed by atoms with E-state index < -0.39 is 11.7 Å². The number of rotatable bonds is 2. The Kier molecular flexibility index (Phi) is 3.50. The van der Waals surface area contributed by atoms with Crippen molar-refractivity contribution in [2.45, 2.75) is 33.0 Å². The minimum atomic E-state index is -4.37. The highest BCUT2D eigenvalue weighted by atomic mass is 19.4. The second kappa shape index (κ2) is 4.85. The molecule has 0 atom stereocenters. The Balaban J connectivity index is 2.56. The van der Waals surface area contributed by atoms with E-state index in [1.165, 1.54) is 6.07 Å². The number of halogens is 3. The van der Waals surface area contributed by atoms with Crippen LogP contribution in [-0.4, -0.2) is 9.55 Å². The summed E-state index contributed by atoms with van der Waals surface area (Å²) in [4.78, 5) is 4.30. The van der Waals surface area contributed by atoms with Crippen molar-refractivity contribution >= 4 is 5.82 Å². The Labute approximate surface area is 115 Å². The lowest BCUT2D eigenvalue weighted by molar-refractivity contribution is -0.137. The van der Waals surface area contributed by atoms with E-state index in [9.17, 15) is 13.2 Å². The molecule has 3 nitrogen and oxygen atoms in total. The van der Waals surface area contributed by atoms with E-state index in [0.717, 1.165) is 12.1 Å². The van der Waals surface area contributed by atoms with Gasteiger partial charge in [0.1, 0.15) is 17.3 Å². The first kappa shape index (κ1) is 14.4. The van der Waals surface area contributed by atoms with Crippen molar-refractivity contribution in [1.82, 2.24) is 9.55 Å². The van der Waals surface area contributed by atoms with E-state index in [-0.39, 0.29) is 6.04 Å². The molecule has 1 aromatic carbocycles. The molecule has 2 rings (SSSR count). The van der Waals surface area contributed by atoms with Crippen LogP contribution >= 0.6 is 0 Å². The van der Waals surface area contributed by atoms with Crippen molar-refractivity contribution < 1.29 is 13.2 Å². The monoisotopic (exact) mass is 283 g/mol. The Hall–Kier alpha value is -1.98. The lowest BCUT2D eigenvalue weighted by Crippen LogP contribution is -2.07. The molecule has 0 aliphatic heterocycles. The van der Waals surface area contributed by atoms with Gasteiger partial charge in [-0.25, -0.2) is 4.98 Å². The van der Waals surface area contributed by atoms with Gasteiger partial charge in [-0.1, -0.05) is 12.1 Å². The number of imidazole rings is 1. The summed E-state index contributed by atoms with van der Waals surface area (Å²) in [5.74, 6) is 1.07. The van der Waals surface area contributed by atoms with Crippen molar-refractivity contribution in [2.24, 2.45) is 0 Å². The average Bonchev–Trinajstić information content (AvgIpc) is 2.64. The summed E-state index contributed by atoms with van der Waals surface area (Å²) in [5, 5.41) is 0. The highest BCUT2D eigenvalue weighted by Gasteiger charge is 2.31. The van der Waals surface area contributed by atoms with E-state index in [1.54, 1.807) is 17.6 Å². The number of aromatic nitrogens is 2. The first-order valence-electron chi connectivity index (χ1n) is 6.23. The van der Waals surface area contributed by atoms with E-state index in [0.29, 0.717) is 22.9 Å². The molecule has 20 heavy (non-hydrogen) atoms. The fraction of sp³-hybridized carbons (Fsp3) is 0.357. The van der Waals surface area contributed by atoms with Crippen molar-refractivity contribution in [3.63, 3.8) is 0 Å². The minimum absolute atomic E-state index is 0.0991. The molecule has 0 aliphatic carbocycles. The van der Waals surface area contributed by atoms with Gasteiger partial charge >= 0.3 is 6.18 Å². The Morgan fingerprint density at radius 2 is 1.90 bits per heavy atom. The maximum atomic E-state index is 12.7. The number of nitrogens with two attached hydrogens (primary N) is 1. The average molecular weight is 283 g/mol. The third-order valence-electron chi connectivity index (χ3n) is 3.10. The van der Waals surface area contributed by atoms with Crippen LogP contribution in [0.1, 0.15) is 31.3 Å². The highest BCUT2D eigenvalue weighted by Crippen LogP contribution is 2.34. The maximum Gasteiger partial charge on any atom is 0.416 e. The third-order valence-corrected chi connectivity index (χ3v) is 3.10. The van der Waals surface area contributed by atoms with Crippen LogP contribution in [0.25, 0.3) is 11.3 Å². The van der Waals surface area contributed by atoms with Gasteiger partial charge in [0, 0.05) is 11.6 Å². The normalized spacial score (nSPS) is 12.2. The summed E-state index contributed by atoms with van der Waals surface area (Å²) in [6.45, 7) is 5.68. The van der Waals surface area contributed by atoms with Gasteiger partial charge in [0.15, 0.2) is 0 Å². The van der Waals surface area contributed by atoms with Gasteiger partial charge in [0.05, 0.1) is 5.56 Å². The molecule has 6 heteroatoms. The molecular formula is C14H16F3N3. The molecule has 0 amide bonds. The van der Waals surface area contributed by atoms with Gasteiger partial charge in [-0.05, 0) is 32.9 Å². The lowest BCUT2D eigenvalue weighted by Gasteiger charge is -2.12. The fourth-order valence-electron chi connectivity index (χ4n) is 2.27. The van der Waals surface area contributed by atoms with E-state index in [1.807, 2.05) is 13.8 Å². The third kappa shape index (κ3) is 2.50. The SMILES string of the molecule is Cc1nc(-c2cccc(C(F)(F)F)c2)c(N)n1C(C)C. The summed E-state index contributed by atoms with van der Waals surface area (Å²) < 4.78 is 40.0. The first-order valence-corrected chi connectivity index (χ1v) is 6.23. The Morgan fingerprint density at radius 1 is 1.25 bits per heavy atom. The number of anilines is 1. The highest BCUT2D eigenvalue weighted by molar-refractivity contribution is 5.71. The standard InChI is InChI=1S/C14H16F3N3/c1-8(2)20-9(3)19-12(13(20)18)10-5-4-6-11(7-10)14(15,16)17/h4-8H,18H2,1-3H3. The predicted molar refractivity (Wildman–Crippen MR) is 72.2 cm³/mol. The van der Waals surface area contributed by atoms with Crippen molar-refractivity contribution in [3.05, 3.63) is 35.7 Å². The van der Waals surface area contributed by atoms with Gasteiger partial charge in [-0.2, -0.15) is 13.2 Å². The van der Waals surface area contributed by atoms with Crippen LogP contribution in [0.4, 0.5) is 19.0 Å². The second-order valence-corrected chi connectivity index (χ2v) is 4.94. The van der Waals surface area contributed by atoms with E-state index in [4.69, 9.17) is 5.73 Å². The maximum absolute atomic E-state index is 12.7. The molecule has 2 aromatic rings. The van der Waals surface area contributed by atoms with Crippen molar-refractivity contribution in [2.75, 3.05) is 5.73 Å². The molecule has 0 saturated heterocycles. The molecule has 1 heterocycles. The smallest absolute Gasteiger partial charge is 0.383 e. The summed E-state index contributed by atoms with van der Waals surface area (Å²) in [5.41, 5.74) is 6.08. The zero-order valence-electron chi connectivity index (χ0n) is 11.5. The van der Waals surface area contributed by atoms with Crippen LogP contribution in [0, 0.1) is 6.92 Å². The number of hydrogen-bond donors (Lipinski definition) is 1. The first-order chi connectivity index (χ1) is 9.21. The van der Waals surface area contributed by atoms with E-state index in [2.05, 4.69) is 4.98 Å². The molecule has 2 N–H and O–H groups in total. The summed E-state index contributed by atoms with van der Waals surface area (Å²) in [6, 6.07) is 5.15. The van der Waals surface area contributed by atoms with Crippen LogP contribution in [0.5, 0.6) is 0 Å². The summed E-state index contributed by atoms with van der Waals surface area (Å²) >= 11 is 0. The minimum Gasteiger partial charge on any atom is -0.383 e. The lowest BCUT2D eigenvalue weighted by atomic mass is 10.1. The van der Waals surface area contributed by atoms with Gasteiger partial charge in [0.2, 0.25) is 0 Å². The number of nitrogen functional groups attached to an aromatic ring is 1. The molecular weight excluding hydrogens is 267 g/mol. The quantitative estimate of drug-likeness (QED) is 0.904. The number of nitrogens with zero attached hydrogens (tertiary/aromatic N) is 2. The van der Waals surface area contributed by atoms with Crippen LogP contribution < -0.4 is 5.73 Å². The van der Waals surface area contributed by atoms with Gasteiger partial charge in [0.25, 0.3) is 0 Å². The molecule has 0 aliphatic rings. The predicted octanol–water partition coefficient (Wildman–Crippen LogP) is 4.04. The molecule has 0 bridgehead atoms. The second-order valence-electron chi connectivity index (χ2n) is 4.94. The van der Waals surface area contributed by atoms with Gasteiger partial charge in [-0.3, -0.25) is 0 Å². The Morgan fingerprint density at radius 3 is 2.40 bits per heavy atom. The van der Waals surface area contributed by atoms with Crippen molar-refractivity contribution in [3.8, 4) is 11.3 Å². The number of hydrogen-bond acceptors (Lipinski definition) is 2. The molecule has 0 saturated carbocycles. The molecule has 0 fully saturated rings. The molecule has 0 unspecified atom stereocenters. The van der Waals surface area contributed by atoms with Crippen LogP contribution in [-0.2, 0) is 6.18 Å². The zero-order valence-corrected chi connectivity index (χ0v) is 11.5. The topological polar surface area (TPSA) is 43.8 Å². The zero-order chi connectivity index (χ0) is 15.1. The number of aryl methyl sites for hydroxylation is 1. The molecule has 108 valence electrons.